The molecule has 2 heterocycles. The van der Waals surface area contributed by atoms with Gasteiger partial charge in [-0.25, -0.2) is 0 Å². The van der Waals surface area contributed by atoms with Crippen molar-refractivity contribution in [2.45, 2.75) is 65.5 Å². The van der Waals surface area contributed by atoms with Crippen molar-refractivity contribution in [3.63, 3.8) is 0 Å². The Kier molecular flexibility index (Phi) is 6.82. The zero-order valence-electron chi connectivity index (χ0n) is 19.8. The topological polar surface area (TPSA) is 69.7 Å². The van der Waals surface area contributed by atoms with Gasteiger partial charge in [0.15, 0.2) is 0 Å². The number of nitrogens with zero attached hydrogens (tertiary/aromatic N) is 2. The van der Waals surface area contributed by atoms with E-state index >= 15 is 0 Å². The number of aryl methyl sites for hydroxylation is 2. The summed E-state index contributed by atoms with van der Waals surface area (Å²) >= 11 is 0. The van der Waals surface area contributed by atoms with Crippen LogP contribution in [0.3, 0.4) is 0 Å². The molecule has 33 heavy (non-hydrogen) atoms. The third-order valence-electron chi connectivity index (χ3n) is 6.62. The van der Waals surface area contributed by atoms with Gasteiger partial charge in [0, 0.05) is 43.7 Å². The van der Waals surface area contributed by atoms with Crippen molar-refractivity contribution in [2.75, 3.05) is 18.4 Å². The lowest BCUT2D eigenvalue weighted by Gasteiger charge is -2.40. The summed E-state index contributed by atoms with van der Waals surface area (Å²) in [5, 5.41) is 2.90. The van der Waals surface area contributed by atoms with Gasteiger partial charge in [0.1, 0.15) is 6.04 Å². The molecule has 2 aromatic rings. The van der Waals surface area contributed by atoms with Gasteiger partial charge in [-0.05, 0) is 68.5 Å². The van der Waals surface area contributed by atoms with Gasteiger partial charge >= 0.3 is 0 Å². The van der Waals surface area contributed by atoms with Gasteiger partial charge in [0.2, 0.25) is 11.8 Å². The van der Waals surface area contributed by atoms with E-state index in [1.54, 1.807) is 4.90 Å². The molecule has 4 rings (SSSR count). The zero-order chi connectivity index (χ0) is 23.5. The second-order valence-corrected chi connectivity index (χ2v) is 9.30. The number of fused-ring (bicyclic) bond motifs is 1. The van der Waals surface area contributed by atoms with Gasteiger partial charge < -0.3 is 15.1 Å². The average Bonchev–Trinajstić information content (AvgIpc) is 2.82. The Morgan fingerprint density at radius 1 is 0.939 bits per heavy atom. The Bertz CT molecular complexity index is 1050. The standard InChI is InChI=1S/C27H33N3O3/c1-4-25(31)28-23-9-8-20-16-24(27(33)29-10-6-5-7-11-29)30(17-22(20)15-23)26(32)21-13-18(2)12-19(3)14-21/h8-9,12-15,24H,4-7,10-11,16-17H2,1-3H3,(H,28,31)/t24-/m1/s1. The van der Waals surface area contributed by atoms with Crippen LogP contribution in [0.25, 0.3) is 0 Å². The largest absolute Gasteiger partial charge is 0.341 e. The number of piperidine rings is 1. The van der Waals surface area contributed by atoms with E-state index in [1.807, 2.05) is 62.1 Å². The maximum atomic E-state index is 13.7. The van der Waals surface area contributed by atoms with Crippen LogP contribution in [0.2, 0.25) is 0 Å². The highest BCUT2D eigenvalue weighted by Gasteiger charge is 2.37. The highest BCUT2D eigenvalue weighted by Crippen LogP contribution is 2.29. The number of likely N-dealkylation sites (tertiary alicyclic amines) is 1. The van der Waals surface area contributed by atoms with Crippen LogP contribution in [0.5, 0.6) is 0 Å². The molecule has 0 unspecified atom stereocenters. The zero-order valence-corrected chi connectivity index (χ0v) is 19.8. The number of hydrogen-bond donors (Lipinski definition) is 1. The van der Waals surface area contributed by atoms with Gasteiger partial charge in [0.25, 0.3) is 5.91 Å². The summed E-state index contributed by atoms with van der Waals surface area (Å²) < 4.78 is 0. The van der Waals surface area contributed by atoms with Crippen molar-refractivity contribution in [3.05, 3.63) is 64.2 Å². The molecule has 1 N–H and O–H groups in total. The number of hydrogen-bond acceptors (Lipinski definition) is 3. The van der Waals surface area contributed by atoms with Crippen LogP contribution in [0, 0.1) is 13.8 Å². The summed E-state index contributed by atoms with van der Waals surface area (Å²) in [6.45, 7) is 7.64. The molecule has 0 radical (unpaired) electrons. The van der Waals surface area contributed by atoms with E-state index in [-0.39, 0.29) is 17.7 Å². The number of carbonyl (C=O) groups excluding carboxylic acids is 3. The lowest BCUT2D eigenvalue weighted by atomic mass is 9.91. The highest BCUT2D eigenvalue weighted by atomic mass is 16.2. The minimum absolute atomic E-state index is 0.0430. The molecule has 0 aromatic heterocycles. The molecule has 0 spiro atoms. The van der Waals surface area contributed by atoms with Crippen LogP contribution in [0.15, 0.2) is 36.4 Å². The van der Waals surface area contributed by atoms with Gasteiger partial charge in [-0.1, -0.05) is 30.2 Å². The predicted octanol–water partition coefficient (Wildman–Crippen LogP) is 4.23. The number of amides is 3. The van der Waals surface area contributed by atoms with E-state index in [0.29, 0.717) is 24.9 Å². The molecule has 0 aliphatic carbocycles. The second kappa shape index (κ2) is 9.77. The Balaban J connectivity index is 1.68. The maximum Gasteiger partial charge on any atom is 0.254 e. The van der Waals surface area contributed by atoms with Gasteiger partial charge in [-0.3, -0.25) is 14.4 Å². The lowest BCUT2D eigenvalue weighted by Crippen LogP contribution is -2.54. The van der Waals surface area contributed by atoms with E-state index in [4.69, 9.17) is 0 Å². The van der Waals surface area contributed by atoms with E-state index in [9.17, 15) is 14.4 Å². The summed E-state index contributed by atoms with van der Waals surface area (Å²) in [5.74, 6) is -0.126. The fourth-order valence-corrected chi connectivity index (χ4v) is 4.93. The molecule has 3 amide bonds. The first-order valence-electron chi connectivity index (χ1n) is 12.0. The van der Waals surface area contributed by atoms with E-state index < -0.39 is 6.04 Å². The van der Waals surface area contributed by atoms with E-state index in [0.717, 1.165) is 60.3 Å². The molecule has 1 fully saturated rings. The highest BCUT2D eigenvalue weighted by molar-refractivity contribution is 5.98. The second-order valence-electron chi connectivity index (χ2n) is 9.30. The fraction of sp³-hybridized carbons (Fsp3) is 0.444. The van der Waals surface area contributed by atoms with Crippen LogP contribution in [0.4, 0.5) is 5.69 Å². The molecule has 2 aliphatic heterocycles. The first kappa shape index (κ1) is 23.0. The Morgan fingerprint density at radius 3 is 2.30 bits per heavy atom. The van der Waals surface area contributed by atoms with Crippen molar-refractivity contribution in [1.82, 2.24) is 9.80 Å². The molecule has 6 nitrogen and oxygen atoms in total. The summed E-state index contributed by atoms with van der Waals surface area (Å²) in [6.07, 6.45) is 4.07. The molecule has 0 saturated carbocycles. The number of rotatable bonds is 4. The minimum Gasteiger partial charge on any atom is -0.341 e. The fourth-order valence-electron chi connectivity index (χ4n) is 4.93. The summed E-state index contributed by atoms with van der Waals surface area (Å²) in [5.41, 5.74) is 5.43. The SMILES string of the molecule is CCC(=O)Nc1ccc2c(c1)CN(C(=O)c1cc(C)cc(C)c1)[C@@H](C(=O)N1CCCCC1)C2. The Labute approximate surface area is 196 Å². The number of anilines is 1. The molecule has 2 aliphatic rings. The van der Waals surface area contributed by atoms with Crippen LogP contribution >= 0.6 is 0 Å². The van der Waals surface area contributed by atoms with Crippen molar-refractivity contribution >= 4 is 23.4 Å². The Morgan fingerprint density at radius 2 is 1.64 bits per heavy atom. The quantitative estimate of drug-likeness (QED) is 0.763. The average molecular weight is 448 g/mol. The van der Waals surface area contributed by atoms with Gasteiger partial charge in [0.05, 0.1) is 0 Å². The molecule has 6 heteroatoms. The van der Waals surface area contributed by atoms with Crippen LogP contribution in [0.1, 0.15) is 65.2 Å². The first-order valence-corrected chi connectivity index (χ1v) is 12.0. The smallest absolute Gasteiger partial charge is 0.254 e. The summed E-state index contributed by atoms with van der Waals surface area (Å²) in [4.78, 5) is 42.8. The molecule has 0 bridgehead atoms. The maximum absolute atomic E-state index is 13.7. The third kappa shape index (κ3) is 5.10. The van der Waals surface area contributed by atoms with Crippen molar-refractivity contribution in [2.24, 2.45) is 0 Å². The van der Waals surface area contributed by atoms with Crippen molar-refractivity contribution < 1.29 is 14.4 Å². The van der Waals surface area contributed by atoms with Crippen molar-refractivity contribution in [1.29, 1.82) is 0 Å². The monoisotopic (exact) mass is 447 g/mol. The summed E-state index contributed by atoms with van der Waals surface area (Å²) in [6, 6.07) is 11.1. The minimum atomic E-state index is -0.514. The normalized spacial score (nSPS) is 18.0. The van der Waals surface area contributed by atoms with Gasteiger partial charge in [-0.15, -0.1) is 0 Å². The van der Waals surface area contributed by atoms with Crippen LogP contribution in [-0.4, -0.2) is 46.7 Å². The van der Waals surface area contributed by atoms with E-state index in [2.05, 4.69) is 5.32 Å². The number of carbonyl (C=O) groups is 3. The summed E-state index contributed by atoms with van der Waals surface area (Å²) in [7, 11) is 0. The van der Waals surface area contributed by atoms with Gasteiger partial charge in [-0.2, -0.15) is 0 Å². The van der Waals surface area contributed by atoms with Crippen LogP contribution in [-0.2, 0) is 22.6 Å². The third-order valence-corrected chi connectivity index (χ3v) is 6.62. The molecular formula is C27H33N3O3. The predicted molar refractivity (Wildman–Crippen MR) is 129 cm³/mol. The number of nitrogens with one attached hydrogen (secondary N) is 1. The lowest BCUT2D eigenvalue weighted by molar-refractivity contribution is -0.137. The molecule has 1 saturated heterocycles. The molecule has 174 valence electrons. The van der Waals surface area contributed by atoms with E-state index in [1.165, 1.54) is 0 Å². The molecular weight excluding hydrogens is 414 g/mol. The van der Waals surface area contributed by atoms with Crippen molar-refractivity contribution in [3.8, 4) is 0 Å². The van der Waals surface area contributed by atoms with Crippen LogP contribution < -0.4 is 5.32 Å². The molecule has 1 atom stereocenters. The Hall–Kier alpha value is -3.15. The number of benzene rings is 2. The molecule has 2 aromatic carbocycles. The first-order chi connectivity index (χ1) is 15.9.